The molecule has 0 aromatic heterocycles. The first-order valence-electron chi connectivity index (χ1n) is 13.1. The maximum absolute atomic E-state index is 13.0. The van der Waals surface area contributed by atoms with E-state index in [0.29, 0.717) is 35.1 Å². The normalized spacial score (nSPS) is 14.0. The first-order chi connectivity index (χ1) is 20.4. The molecular formula is C32H27ClN2O6S. The predicted molar refractivity (Wildman–Crippen MR) is 165 cm³/mol. The van der Waals surface area contributed by atoms with Crippen molar-refractivity contribution in [1.29, 1.82) is 0 Å². The minimum Gasteiger partial charge on any atom is -0.494 e. The molecule has 3 amide bonds. The second kappa shape index (κ2) is 13.0. The number of hydrogen-bond acceptors (Lipinski definition) is 7. The Morgan fingerprint density at radius 3 is 2.52 bits per heavy atom. The van der Waals surface area contributed by atoms with Gasteiger partial charge in [-0.1, -0.05) is 54.1 Å². The van der Waals surface area contributed by atoms with Gasteiger partial charge in [-0.05, 0) is 83.1 Å². The lowest BCUT2D eigenvalue weighted by molar-refractivity contribution is -0.127. The molecule has 8 nitrogen and oxygen atoms in total. The molecule has 0 radical (unpaired) electrons. The monoisotopic (exact) mass is 602 g/mol. The molecule has 1 saturated heterocycles. The molecule has 0 unspecified atom stereocenters. The summed E-state index contributed by atoms with van der Waals surface area (Å²) in [5, 5.41) is 4.62. The average molecular weight is 603 g/mol. The predicted octanol–water partition coefficient (Wildman–Crippen LogP) is 7.15. The van der Waals surface area contributed by atoms with Gasteiger partial charge in [0.05, 0.1) is 23.6 Å². The number of imide groups is 1. The minimum absolute atomic E-state index is 0.163. The Morgan fingerprint density at radius 1 is 1.00 bits per heavy atom. The molecule has 1 N–H and O–H groups in total. The number of anilines is 1. The summed E-state index contributed by atoms with van der Waals surface area (Å²) in [6.07, 6.45) is 1.54. The topological polar surface area (TPSA) is 94.2 Å². The van der Waals surface area contributed by atoms with Gasteiger partial charge in [-0.25, -0.2) is 0 Å². The Morgan fingerprint density at radius 2 is 1.76 bits per heavy atom. The Balaban J connectivity index is 1.27. The second-order valence-electron chi connectivity index (χ2n) is 9.23. The van der Waals surface area contributed by atoms with E-state index in [2.05, 4.69) is 5.32 Å². The fourth-order valence-corrected chi connectivity index (χ4v) is 5.58. The number of thioether (sulfide) groups is 1. The molecule has 0 aliphatic carbocycles. The third-order valence-electron chi connectivity index (χ3n) is 6.43. The van der Waals surface area contributed by atoms with Crippen LogP contribution in [-0.4, -0.2) is 42.2 Å². The van der Waals surface area contributed by atoms with Gasteiger partial charge in [-0.15, -0.1) is 0 Å². The van der Waals surface area contributed by atoms with Crippen LogP contribution in [0.1, 0.15) is 18.1 Å². The Bertz CT molecular complexity index is 1680. The van der Waals surface area contributed by atoms with E-state index in [-0.39, 0.29) is 16.5 Å². The maximum Gasteiger partial charge on any atom is 0.294 e. The molecule has 1 heterocycles. The van der Waals surface area contributed by atoms with Crippen LogP contribution in [0.4, 0.5) is 10.5 Å². The SMILES string of the molecule is CCOc1ccc(NC(=O)CN2C(=O)S/C(=C/c3cc(Cl)c(OCc4cccc5ccccc45)c(OC)c3)C2=O)cc1. The van der Waals surface area contributed by atoms with Crippen molar-refractivity contribution in [2.45, 2.75) is 13.5 Å². The fraction of sp³-hybridized carbons (Fsp3) is 0.156. The summed E-state index contributed by atoms with van der Waals surface area (Å²) in [5.74, 6) is 0.345. The molecule has 4 aromatic rings. The molecule has 214 valence electrons. The van der Waals surface area contributed by atoms with Gasteiger partial charge in [0.25, 0.3) is 11.1 Å². The van der Waals surface area contributed by atoms with E-state index in [1.807, 2.05) is 49.4 Å². The number of ether oxygens (including phenoxy) is 3. The second-order valence-corrected chi connectivity index (χ2v) is 10.6. The van der Waals surface area contributed by atoms with Crippen LogP contribution in [0.3, 0.4) is 0 Å². The Hall–Kier alpha value is -4.47. The Labute approximate surface area is 252 Å². The van der Waals surface area contributed by atoms with Gasteiger partial charge in [0.2, 0.25) is 5.91 Å². The van der Waals surface area contributed by atoms with Gasteiger partial charge in [-0.3, -0.25) is 19.3 Å². The van der Waals surface area contributed by atoms with Crippen LogP contribution in [-0.2, 0) is 16.2 Å². The first kappa shape index (κ1) is 29.0. The number of nitrogens with zero attached hydrogens (tertiary/aromatic N) is 1. The van der Waals surface area contributed by atoms with Crippen LogP contribution in [0, 0.1) is 0 Å². The lowest BCUT2D eigenvalue weighted by Crippen LogP contribution is -2.36. The smallest absolute Gasteiger partial charge is 0.294 e. The van der Waals surface area contributed by atoms with Crippen molar-refractivity contribution in [2.75, 3.05) is 25.6 Å². The average Bonchev–Trinajstić information content (AvgIpc) is 3.24. The van der Waals surface area contributed by atoms with Crippen LogP contribution in [0.15, 0.2) is 83.8 Å². The highest BCUT2D eigenvalue weighted by Crippen LogP contribution is 2.39. The summed E-state index contributed by atoms with van der Waals surface area (Å²) >= 11 is 7.34. The molecular weight excluding hydrogens is 576 g/mol. The van der Waals surface area contributed by atoms with E-state index < -0.39 is 23.6 Å². The number of halogens is 1. The standard InChI is InChI=1S/C32H27ClN2O6S/c1-3-40-24-13-11-23(12-14-24)34-29(36)18-35-31(37)28(42-32(35)38)17-20-15-26(33)30(27(16-20)39-2)41-19-22-9-6-8-21-7-4-5-10-25(21)22/h4-17H,3,18-19H2,1-2H3,(H,34,36)/b28-17+. The van der Waals surface area contributed by atoms with E-state index >= 15 is 0 Å². The molecule has 10 heteroatoms. The Kier molecular flexibility index (Phi) is 9.00. The molecule has 1 aliphatic heterocycles. The van der Waals surface area contributed by atoms with Crippen LogP contribution in [0.5, 0.6) is 17.2 Å². The van der Waals surface area contributed by atoms with Crippen molar-refractivity contribution in [3.8, 4) is 17.2 Å². The molecule has 0 spiro atoms. The van der Waals surface area contributed by atoms with Gasteiger partial charge < -0.3 is 19.5 Å². The van der Waals surface area contributed by atoms with E-state index in [0.717, 1.165) is 33.0 Å². The number of fused-ring (bicyclic) bond motifs is 1. The molecule has 42 heavy (non-hydrogen) atoms. The van der Waals surface area contributed by atoms with Crippen LogP contribution < -0.4 is 19.5 Å². The van der Waals surface area contributed by atoms with Gasteiger partial charge in [0, 0.05) is 5.69 Å². The zero-order valence-corrected chi connectivity index (χ0v) is 24.5. The summed E-state index contributed by atoms with van der Waals surface area (Å²) in [4.78, 5) is 39.3. The summed E-state index contributed by atoms with van der Waals surface area (Å²) in [6.45, 7) is 2.26. The molecule has 1 fully saturated rings. The highest BCUT2D eigenvalue weighted by molar-refractivity contribution is 8.18. The van der Waals surface area contributed by atoms with E-state index in [1.165, 1.54) is 13.2 Å². The summed E-state index contributed by atoms with van der Waals surface area (Å²) < 4.78 is 17.0. The van der Waals surface area contributed by atoms with Gasteiger partial charge >= 0.3 is 0 Å². The number of rotatable bonds is 10. The largest absolute Gasteiger partial charge is 0.494 e. The number of carbonyl (C=O) groups is 3. The maximum atomic E-state index is 13.0. The lowest BCUT2D eigenvalue weighted by Gasteiger charge is -2.15. The van der Waals surface area contributed by atoms with E-state index in [4.69, 9.17) is 25.8 Å². The zero-order chi connectivity index (χ0) is 29.6. The number of carbonyl (C=O) groups excluding carboxylic acids is 3. The van der Waals surface area contributed by atoms with Crippen LogP contribution in [0.25, 0.3) is 16.8 Å². The molecule has 0 atom stereocenters. The van der Waals surface area contributed by atoms with Crippen molar-refractivity contribution < 1.29 is 28.6 Å². The lowest BCUT2D eigenvalue weighted by atomic mass is 10.1. The fourth-order valence-electron chi connectivity index (χ4n) is 4.46. The minimum atomic E-state index is -0.571. The molecule has 0 bridgehead atoms. The third kappa shape index (κ3) is 6.53. The molecule has 4 aromatic carbocycles. The first-order valence-corrected chi connectivity index (χ1v) is 14.3. The number of methoxy groups -OCH3 is 1. The zero-order valence-electron chi connectivity index (χ0n) is 22.9. The molecule has 0 saturated carbocycles. The highest BCUT2D eigenvalue weighted by atomic mass is 35.5. The molecule has 1 aliphatic rings. The highest BCUT2D eigenvalue weighted by Gasteiger charge is 2.36. The van der Waals surface area contributed by atoms with Crippen molar-refractivity contribution in [3.05, 3.63) is 99.9 Å². The van der Waals surface area contributed by atoms with Crippen molar-refractivity contribution in [1.82, 2.24) is 4.90 Å². The summed E-state index contributed by atoms with van der Waals surface area (Å²) in [6, 6.07) is 24.2. The third-order valence-corrected chi connectivity index (χ3v) is 7.61. The quantitative estimate of drug-likeness (QED) is 0.193. The van der Waals surface area contributed by atoms with Gasteiger partial charge in [0.1, 0.15) is 18.9 Å². The van der Waals surface area contributed by atoms with Crippen LogP contribution >= 0.6 is 23.4 Å². The van der Waals surface area contributed by atoms with Crippen molar-refractivity contribution in [2.24, 2.45) is 0 Å². The number of hydrogen-bond donors (Lipinski definition) is 1. The van der Waals surface area contributed by atoms with Gasteiger partial charge in [0.15, 0.2) is 11.5 Å². The summed E-state index contributed by atoms with van der Waals surface area (Å²) in [5.41, 5.74) is 2.06. The molecule has 5 rings (SSSR count). The number of benzene rings is 4. The van der Waals surface area contributed by atoms with Crippen molar-refractivity contribution >= 4 is 63.0 Å². The van der Waals surface area contributed by atoms with E-state index in [9.17, 15) is 14.4 Å². The van der Waals surface area contributed by atoms with E-state index in [1.54, 1.807) is 36.4 Å². The van der Waals surface area contributed by atoms with Crippen molar-refractivity contribution in [3.63, 3.8) is 0 Å². The van der Waals surface area contributed by atoms with Crippen LogP contribution in [0.2, 0.25) is 5.02 Å². The van der Waals surface area contributed by atoms with Gasteiger partial charge in [-0.2, -0.15) is 0 Å². The summed E-state index contributed by atoms with van der Waals surface area (Å²) in [7, 11) is 1.50. The number of nitrogens with one attached hydrogen (secondary N) is 1. The number of amides is 3.